The van der Waals surface area contributed by atoms with Crippen LogP contribution in [-0.4, -0.2) is 47.3 Å². The number of ketones is 1. The molecular formula is C21H25ClFN3O3S. The van der Waals surface area contributed by atoms with Crippen LogP contribution >= 0.6 is 23.7 Å². The van der Waals surface area contributed by atoms with Gasteiger partial charge in [-0.25, -0.2) is 9.37 Å². The van der Waals surface area contributed by atoms with Gasteiger partial charge in [0.1, 0.15) is 11.9 Å². The number of nitrogens with one attached hydrogen (secondary N) is 1. The third kappa shape index (κ3) is 5.65. The molecule has 1 aromatic carbocycles. The van der Waals surface area contributed by atoms with Crippen LogP contribution in [0.4, 0.5) is 4.39 Å². The maximum Gasteiger partial charge on any atom is 0.306 e. The van der Waals surface area contributed by atoms with E-state index >= 15 is 0 Å². The van der Waals surface area contributed by atoms with Gasteiger partial charge in [0.05, 0.1) is 11.3 Å². The molecular weight excluding hydrogens is 429 g/mol. The lowest BCUT2D eigenvalue weighted by Crippen LogP contribution is -2.16. The van der Waals surface area contributed by atoms with E-state index in [4.69, 9.17) is 4.74 Å². The number of H-pyrrole nitrogens is 1. The van der Waals surface area contributed by atoms with E-state index in [1.54, 1.807) is 17.6 Å². The summed E-state index contributed by atoms with van der Waals surface area (Å²) < 4.78 is 18.9. The first kappa shape index (κ1) is 24.0. The van der Waals surface area contributed by atoms with Crippen molar-refractivity contribution >= 4 is 46.4 Å². The molecule has 3 aromatic rings. The highest BCUT2D eigenvalue weighted by molar-refractivity contribution is 7.12. The molecule has 0 saturated heterocycles. The summed E-state index contributed by atoms with van der Waals surface area (Å²) in [6.07, 6.45) is 2.73. The average Bonchev–Trinajstić information content (AvgIpc) is 3.32. The maximum absolute atomic E-state index is 13.4. The summed E-state index contributed by atoms with van der Waals surface area (Å²) >= 11 is 1.21. The normalized spacial score (nSPS) is 12.0. The zero-order chi connectivity index (χ0) is 21.0. The molecule has 0 saturated carbocycles. The smallest absolute Gasteiger partial charge is 0.306 e. The Balaban J connectivity index is 0.00000320. The summed E-state index contributed by atoms with van der Waals surface area (Å²) in [5.41, 5.74) is 1.57. The number of aromatic amines is 1. The lowest BCUT2D eigenvalue weighted by atomic mass is 10.1. The third-order valence-corrected chi connectivity index (χ3v) is 5.42. The van der Waals surface area contributed by atoms with Gasteiger partial charge in [0.2, 0.25) is 5.78 Å². The van der Waals surface area contributed by atoms with Crippen molar-refractivity contribution < 1.29 is 18.7 Å². The van der Waals surface area contributed by atoms with E-state index in [9.17, 15) is 14.0 Å². The van der Waals surface area contributed by atoms with Gasteiger partial charge < -0.3 is 14.6 Å². The number of rotatable bonds is 9. The largest absolute Gasteiger partial charge is 0.456 e. The van der Waals surface area contributed by atoms with Crippen molar-refractivity contribution in [1.29, 1.82) is 0 Å². The first-order chi connectivity index (χ1) is 13.9. The number of hydrogen-bond donors (Lipinski definition) is 1. The number of esters is 1. The van der Waals surface area contributed by atoms with Crippen molar-refractivity contribution in [2.75, 3.05) is 20.6 Å². The summed E-state index contributed by atoms with van der Waals surface area (Å²) in [5, 5.41) is 2.71. The molecule has 0 radical (unpaired) electrons. The second-order valence-electron chi connectivity index (χ2n) is 7.09. The molecule has 0 bridgehead atoms. The van der Waals surface area contributed by atoms with Crippen molar-refractivity contribution in [2.24, 2.45) is 0 Å². The highest BCUT2D eigenvalue weighted by Gasteiger charge is 2.22. The van der Waals surface area contributed by atoms with Crippen molar-refractivity contribution in [3.63, 3.8) is 0 Å². The first-order valence-corrected chi connectivity index (χ1v) is 10.4. The SMILES string of the molecule is CC[C@H](OC(=O)CCCN(C)C)c1csc(C(=O)c2c[nH]c3cc(F)ccc23)n1.Cl. The minimum absolute atomic E-state index is 0. The van der Waals surface area contributed by atoms with E-state index in [0.29, 0.717) is 40.0 Å². The summed E-state index contributed by atoms with van der Waals surface area (Å²) in [7, 11) is 3.91. The van der Waals surface area contributed by atoms with Crippen LogP contribution in [0.15, 0.2) is 29.8 Å². The molecule has 0 aliphatic heterocycles. The fraction of sp³-hybridized carbons (Fsp3) is 0.381. The molecule has 162 valence electrons. The quantitative estimate of drug-likeness (QED) is 0.373. The Morgan fingerprint density at radius 2 is 2.10 bits per heavy atom. The number of carbonyl (C=O) groups is 2. The Labute approximate surface area is 184 Å². The molecule has 0 amide bonds. The van der Waals surface area contributed by atoms with Crippen LogP contribution in [0.5, 0.6) is 0 Å². The van der Waals surface area contributed by atoms with Crippen molar-refractivity contribution in [3.8, 4) is 0 Å². The van der Waals surface area contributed by atoms with E-state index in [1.165, 1.54) is 23.5 Å². The standard InChI is InChI=1S/C21H24FN3O3S.ClH/c1-4-18(28-19(26)6-5-9-25(2)3)17-12-29-21(24-17)20(27)15-11-23-16-10-13(22)7-8-14(15)16;/h7-8,10-12,18,23H,4-6,9H2,1-3H3;1H/t18-;/m0./s1. The Morgan fingerprint density at radius 3 is 2.80 bits per heavy atom. The number of fused-ring (bicyclic) bond motifs is 1. The van der Waals surface area contributed by atoms with Crippen molar-refractivity contribution in [1.82, 2.24) is 14.9 Å². The van der Waals surface area contributed by atoms with E-state index < -0.39 is 6.10 Å². The number of carbonyl (C=O) groups excluding carboxylic acids is 2. The Hall–Kier alpha value is -2.29. The van der Waals surface area contributed by atoms with Crippen LogP contribution in [-0.2, 0) is 9.53 Å². The monoisotopic (exact) mass is 453 g/mol. The zero-order valence-corrected chi connectivity index (χ0v) is 18.7. The molecule has 0 spiro atoms. The van der Waals surface area contributed by atoms with Gasteiger partial charge in [0.25, 0.3) is 0 Å². The molecule has 2 heterocycles. The molecule has 3 rings (SSSR count). The summed E-state index contributed by atoms with van der Waals surface area (Å²) in [6.45, 7) is 2.72. The highest BCUT2D eigenvalue weighted by Crippen LogP contribution is 2.27. The first-order valence-electron chi connectivity index (χ1n) is 9.50. The minimum atomic E-state index is -0.475. The number of nitrogens with zero attached hydrogens (tertiary/aromatic N) is 2. The fourth-order valence-corrected chi connectivity index (χ4v) is 3.86. The van der Waals surface area contributed by atoms with Crippen LogP contribution in [0.2, 0.25) is 0 Å². The fourth-order valence-electron chi connectivity index (χ4n) is 3.05. The Morgan fingerprint density at radius 1 is 1.33 bits per heavy atom. The molecule has 0 unspecified atom stereocenters. The summed E-state index contributed by atoms with van der Waals surface area (Å²) in [6, 6.07) is 4.25. The van der Waals surface area contributed by atoms with Gasteiger partial charge in [0, 0.05) is 28.9 Å². The number of ether oxygens (including phenoxy) is 1. The molecule has 9 heteroatoms. The number of benzene rings is 1. The van der Waals surface area contributed by atoms with Gasteiger partial charge in [-0.1, -0.05) is 6.92 Å². The molecule has 30 heavy (non-hydrogen) atoms. The summed E-state index contributed by atoms with van der Waals surface area (Å²) in [5.74, 6) is -0.877. The predicted molar refractivity (Wildman–Crippen MR) is 118 cm³/mol. The third-order valence-electron chi connectivity index (χ3n) is 4.57. The predicted octanol–water partition coefficient (Wildman–Crippen LogP) is 4.75. The molecule has 1 N–H and O–H groups in total. The topological polar surface area (TPSA) is 75.3 Å². The Kier molecular flexibility index (Phi) is 8.52. The van der Waals surface area contributed by atoms with Gasteiger partial charge in [-0.2, -0.15) is 0 Å². The van der Waals surface area contributed by atoms with Crippen LogP contribution < -0.4 is 0 Å². The lowest BCUT2D eigenvalue weighted by molar-refractivity contribution is -0.150. The van der Waals surface area contributed by atoms with E-state index in [2.05, 4.69) is 9.97 Å². The van der Waals surface area contributed by atoms with Gasteiger partial charge in [-0.15, -0.1) is 23.7 Å². The molecule has 6 nitrogen and oxygen atoms in total. The molecule has 0 fully saturated rings. The van der Waals surface area contributed by atoms with Crippen LogP contribution in [0.25, 0.3) is 10.9 Å². The molecule has 2 aromatic heterocycles. The lowest BCUT2D eigenvalue weighted by Gasteiger charge is -2.14. The average molecular weight is 454 g/mol. The zero-order valence-electron chi connectivity index (χ0n) is 17.1. The number of hydrogen-bond acceptors (Lipinski definition) is 6. The Bertz CT molecular complexity index is 1020. The van der Waals surface area contributed by atoms with Crippen molar-refractivity contribution in [2.45, 2.75) is 32.3 Å². The van der Waals surface area contributed by atoms with E-state index in [-0.39, 0.29) is 30.0 Å². The van der Waals surface area contributed by atoms with Gasteiger partial charge in [0.15, 0.2) is 5.01 Å². The second-order valence-corrected chi connectivity index (χ2v) is 7.95. The maximum atomic E-state index is 13.4. The van der Waals surface area contributed by atoms with Crippen LogP contribution in [0.1, 0.15) is 53.3 Å². The number of halogens is 2. The molecule has 0 aliphatic rings. The second kappa shape index (κ2) is 10.7. The highest BCUT2D eigenvalue weighted by atomic mass is 35.5. The number of aromatic nitrogens is 2. The van der Waals surface area contributed by atoms with E-state index in [1.807, 2.05) is 25.9 Å². The molecule has 0 aliphatic carbocycles. The van der Waals surface area contributed by atoms with Crippen LogP contribution in [0.3, 0.4) is 0 Å². The molecule has 1 atom stereocenters. The van der Waals surface area contributed by atoms with E-state index in [0.717, 1.165) is 13.0 Å². The van der Waals surface area contributed by atoms with Gasteiger partial charge >= 0.3 is 5.97 Å². The summed E-state index contributed by atoms with van der Waals surface area (Å²) in [4.78, 5) is 34.3. The van der Waals surface area contributed by atoms with Crippen LogP contribution in [0, 0.1) is 5.82 Å². The van der Waals surface area contributed by atoms with Gasteiger partial charge in [-0.3, -0.25) is 9.59 Å². The van der Waals surface area contributed by atoms with Crippen molar-refractivity contribution in [3.05, 3.63) is 51.9 Å². The minimum Gasteiger partial charge on any atom is -0.456 e. The number of thiazole rings is 1. The van der Waals surface area contributed by atoms with Gasteiger partial charge in [-0.05, 0) is 51.7 Å².